The number of carboxylic acid groups (broad SMARTS) is 1. The summed E-state index contributed by atoms with van der Waals surface area (Å²) in [4.78, 5) is 14.5. The van der Waals surface area contributed by atoms with Crippen LogP contribution in [0.4, 0.5) is 0 Å². The van der Waals surface area contributed by atoms with Crippen LogP contribution >= 0.6 is 11.3 Å². The fourth-order valence-corrected chi connectivity index (χ4v) is 1.75. The Labute approximate surface area is 92.7 Å². The van der Waals surface area contributed by atoms with E-state index in [0.29, 0.717) is 12.6 Å². The molecule has 0 saturated heterocycles. The number of thiazole rings is 1. The first-order valence-electron chi connectivity index (χ1n) is 4.65. The summed E-state index contributed by atoms with van der Waals surface area (Å²) in [5, 5.41) is 13.8. The Morgan fingerprint density at radius 3 is 3.13 bits per heavy atom. The minimum atomic E-state index is -0.967. The lowest BCUT2D eigenvalue weighted by Crippen LogP contribution is -2.24. The number of carboxylic acids is 1. The molecule has 15 heavy (non-hydrogen) atoms. The third kappa shape index (κ3) is 3.81. The van der Waals surface area contributed by atoms with Crippen LogP contribution in [0.1, 0.15) is 28.8 Å². The number of nitrogens with zero attached hydrogens (tertiary/aromatic N) is 1. The van der Waals surface area contributed by atoms with E-state index in [-0.39, 0.29) is 5.01 Å². The Balaban J connectivity index is 2.44. The fourth-order valence-electron chi connectivity index (χ4n) is 1.10. The van der Waals surface area contributed by atoms with Gasteiger partial charge in [0.2, 0.25) is 5.01 Å². The largest absolute Gasteiger partial charge is 0.476 e. The maximum Gasteiger partial charge on any atom is 0.365 e. The highest BCUT2D eigenvalue weighted by atomic mass is 32.1. The quantitative estimate of drug-likeness (QED) is 0.727. The van der Waals surface area contributed by atoms with Crippen LogP contribution in [0, 0.1) is 0 Å². The van der Waals surface area contributed by atoms with Gasteiger partial charge in [0.25, 0.3) is 0 Å². The van der Waals surface area contributed by atoms with Crippen LogP contribution in [-0.2, 0) is 6.54 Å². The van der Waals surface area contributed by atoms with Crippen molar-refractivity contribution < 1.29 is 9.90 Å². The van der Waals surface area contributed by atoms with Crippen LogP contribution < -0.4 is 5.32 Å². The molecule has 0 bridgehead atoms. The molecule has 0 radical (unpaired) electrons. The minimum absolute atomic E-state index is 0.142. The molecule has 0 aliphatic heterocycles. The van der Waals surface area contributed by atoms with Gasteiger partial charge in [0.05, 0.1) is 5.69 Å². The highest BCUT2D eigenvalue weighted by Crippen LogP contribution is 2.09. The molecule has 0 fully saturated rings. The molecular weight excluding hydrogens is 212 g/mol. The molecule has 82 valence electrons. The van der Waals surface area contributed by atoms with Crippen molar-refractivity contribution in [3.05, 3.63) is 28.7 Å². The average Bonchev–Trinajstić information content (AvgIpc) is 2.63. The minimum Gasteiger partial charge on any atom is -0.476 e. The monoisotopic (exact) mass is 226 g/mol. The normalized spacial score (nSPS) is 12.3. The molecule has 2 N–H and O–H groups in total. The predicted molar refractivity (Wildman–Crippen MR) is 60.2 cm³/mol. The van der Waals surface area contributed by atoms with Crippen LogP contribution in [0.3, 0.4) is 0 Å². The molecular formula is C10H14N2O2S. The van der Waals surface area contributed by atoms with Gasteiger partial charge in [-0.2, -0.15) is 0 Å². The molecule has 1 unspecified atom stereocenters. The van der Waals surface area contributed by atoms with Crippen molar-refractivity contribution in [2.45, 2.75) is 25.9 Å². The summed E-state index contributed by atoms with van der Waals surface area (Å²) in [5.74, 6) is -0.967. The third-order valence-electron chi connectivity index (χ3n) is 1.89. The Morgan fingerprint density at radius 2 is 2.60 bits per heavy atom. The molecule has 1 atom stereocenters. The van der Waals surface area contributed by atoms with E-state index in [1.165, 1.54) is 0 Å². The second-order valence-corrected chi connectivity index (χ2v) is 4.11. The Kier molecular flexibility index (Phi) is 4.45. The van der Waals surface area contributed by atoms with E-state index < -0.39 is 5.97 Å². The lowest BCUT2D eigenvalue weighted by atomic mass is 10.2. The van der Waals surface area contributed by atoms with Crippen molar-refractivity contribution >= 4 is 17.3 Å². The summed E-state index contributed by atoms with van der Waals surface area (Å²) in [6, 6.07) is 0.331. The summed E-state index contributed by atoms with van der Waals surface area (Å²) in [6.45, 7) is 6.30. The van der Waals surface area contributed by atoms with Gasteiger partial charge in [0.1, 0.15) is 0 Å². The lowest BCUT2D eigenvalue weighted by Gasteiger charge is -2.09. The zero-order valence-corrected chi connectivity index (χ0v) is 9.38. The molecule has 1 heterocycles. The van der Waals surface area contributed by atoms with Gasteiger partial charge in [0.15, 0.2) is 0 Å². The van der Waals surface area contributed by atoms with Crippen LogP contribution in [0.2, 0.25) is 0 Å². The first kappa shape index (κ1) is 11.9. The second-order valence-electron chi connectivity index (χ2n) is 3.26. The first-order valence-corrected chi connectivity index (χ1v) is 5.53. The summed E-state index contributed by atoms with van der Waals surface area (Å²) in [5.41, 5.74) is 0.772. The van der Waals surface area contributed by atoms with Gasteiger partial charge in [-0.1, -0.05) is 6.08 Å². The predicted octanol–water partition coefficient (Wildman–Crippen LogP) is 1.90. The molecule has 5 heteroatoms. The summed E-state index contributed by atoms with van der Waals surface area (Å²) < 4.78 is 0. The Hall–Kier alpha value is -1.20. The van der Waals surface area contributed by atoms with Crippen molar-refractivity contribution in [3.8, 4) is 0 Å². The number of hydrogen-bond acceptors (Lipinski definition) is 4. The van der Waals surface area contributed by atoms with Crippen LogP contribution in [0.25, 0.3) is 0 Å². The number of carbonyl (C=O) groups is 1. The molecule has 1 aromatic rings. The molecule has 4 nitrogen and oxygen atoms in total. The number of aromatic carboxylic acids is 1. The third-order valence-corrected chi connectivity index (χ3v) is 2.77. The van der Waals surface area contributed by atoms with Crippen molar-refractivity contribution in [1.29, 1.82) is 0 Å². The second kappa shape index (κ2) is 5.63. The SMILES string of the molecule is C=CCC(C)NCc1csc(C(=O)O)n1. The van der Waals surface area contributed by atoms with Crippen molar-refractivity contribution in [2.24, 2.45) is 0 Å². The van der Waals surface area contributed by atoms with Gasteiger partial charge >= 0.3 is 5.97 Å². The van der Waals surface area contributed by atoms with E-state index >= 15 is 0 Å². The van der Waals surface area contributed by atoms with Gasteiger partial charge < -0.3 is 10.4 Å². The highest BCUT2D eigenvalue weighted by molar-refractivity contribution is 7.11. The topological polar surface area (TPSA) is 62.2 Å². The maximum atomic E-state index is 10.6. The van der Waals surface area contributed by atoms with Crippen LogP contribution in [0.15, 0.2) is 18.0 Å². The molecule has 1 rings (SSSR count). The molecule has 0 spiro atoms. The maximum absolute atomic E-state index is 10.6. The smallest absolute Gasteiger partial charge is 0.365 e. The van der Waals surface area contributed by atoms with Crippen molar-refractivity contribution in [1.82, 2.24) is 10.3 Å². The highest BCUT2D eigenvalue weighted by Gasteiger charge is 2.08. The molecule has 0 amide bonds. The van der Waals surface area contributed by atoms with E-state index in [1.54, 1.807) is 5.38 Å². The zero-order valence-electron chi connectivity index (χ0n) is 8.56. The number of hydrogen-bond donors (Lipinski definition) is 2. The molecule has 0 aliphatic carbocycles. The van der Waals surface area contributed by atoms with E-state index in [1.807, 2.05) is 13.0 Å². The average molecular weight is 226 g/mol. The standard InChI is InChI=1S/C10H14N2O2S/c1-3-4-7(2)11-5-8-6-15-9(12-8)10(13)14/h3,6-7,11H,1,4-5H2,2H3,(H,13,14). The number of nitrogens with one attached hydrogen (secondary N) is 1. The van der Waals surface area contributed by atoms with E-state index in [0.717, 1.165) is 23.5 Å². The van der Waals surface area contributed by atoms with Gasteiger partial charge in [-0.3, -0.25) is 0 Å². The van der Waals surface area contributed by atoms with E-state index in [4.69, 9.17) is 5.11 Å². The Morgan fingerprint density at radius 1 is 1.87 bits per heavy atom. The van der Waals surface area contributed by atoms with Gasteiger partial charge in [-0.05, 0) is 13.3 Å². The lowest BCUT2D eigenvalue weighted by molar-refractivity contribution is 0.0696. The number of aromatic nitrogens is 1. The molecule has 0 aliphatic rings. The van der Waals surface area contributed by atoms with Crippen LogP contribution in [-0.4, -0.2) is 22.1 Å². The number of rotatable bonds is 6. The summed E-state index contributed by atoms with van der Waals surface area (Å²) in [7, 11) is 0. The Bertz CT molecular complexity index is 349. The van der Waals surface area contributed by atoms with Crippen molar-refractivity contribution in [2.75, 3.05) is 0 Å². The van der Waals surface area contributed by atoms with Gasteiger partial charge in [-0.25, -0.2) is 9.78 Å². The van der Waals surface area contributed by atoms with Gasteiger partial charge in [0, 0.05) is 18.0 Å². The summed E-state index contributed by atoms with van der Waals surface area (Å²) in [6.07, 6.45) is 2.73. The van der Waals surface area contributed by atoms with Crippen molar-refractivity contribution in [3.63, 3.8) is 0 Å². The van der Waals surface area contributed by atoms with E-state index in [9.17, 15) is 4.79 Å². The molecule has 0 saturated carbocycles. The molecule has 1 aromatic heterocycles. The first-order chi connectivity index (χ1) is 7.13. The van der Waals surface area contributed by atoms with Crippen LogP contribution in [0.5, 0.6) is 0 Å². The van der Waals surface area contributed by atoms with Gasteiger partial charge in [-0.15, -0.1) is 17.9 Å². The molecule has 0 aromatic carbocycles. The van der Waals surface area contributed by atoms with E-state index in [2.05, 4.69) is 16.9 Å². The fraction of sp³-hybridized carbons (Fsp3) is 0.400. The summed E-state index contributed by atoms with van der Waals surface area (Å²) >= 11 is 1.15. The zero-order chi connectivity index (χ0) is 11.3.